The summed E-state index contributed by atoms with van der Waals surface area (Å²) in [6.07, 6.45) is 0. The van der Waals surface area contributed by atoms with Gasteiger partial charge in [-0.1, -0.05) is 6.58 Å². The van der Waals surface area contributed by atoms with Crippen molar-refractivity contribution in [2.45, 2.75) is 13.0 Å². The van der Waals surface area contributed by atoms with E-state index in [0.29, 0.717) is 6.04 Å². The van der Waals surface area contributed by atoms with Crippen molar-refractivity contribution < 1.29 is 0 Å². The van der Waals surface area contributed by atoms with Gasteiger partial charge in [-0.3, -0.25) is 0 Å². The molecule has 0 spiro atoms. The van der Waals surface area contributed by atoms with Crippen LogP contribution in [0.25, 0.3) is 0 Å². The molecule has 0 fully saturated rings. The third-order valence-electron chi connectivity index (χ3n) is 1.23. The van der Waals surface area contributed by atoms with Gasteiger partial charge in [-0.05, 0) is 14.0 Å². The summed E-state index contributed by atoms with van der Waals surface area (Å²) in [5.74, 6) is 0.864. The van der Waals surface area contributed by atoms with Crippen LogP contribution in [-0.4, -0.2) is 26.7 Å². The highest BCUT2D eigenvalue weighted by atomic mass is 15.1. The van der Waals surface area contributed by atoms with Crippen LogP contribution in [0.1, 0.15) is 6.92 Å². The first-order valence-electron chi connectivity index (χ1n) is 3.48. The number of nitrogens with one attached hydrogen (secondary N) is 3. The second kappa shape index (κ2) is 5.11. The predicted octanol–water partition coefficient (Wildman–Crippen LogP) is -0.125. The molecule has 0 bridgehead atoms. The van der Waals surface area contributed by atoms with Crippen molar-refractivity contribution in [1.29, 1.82) is 0 Å². The molecule has 0 heterocycles. The molecule has 0 aromatic heterocycles. The Kier molecular flexibility index (Phi) is 4.76. The molecular weight excluding hydrogens is 126 g/mol. The Hall–Kier alpha value is -0.700. The van der Waals surface area contributed by atoms with Gasteiger partial charge in [0.15, 0.2) is 0 Å². The topological polar surface area (TPSA) is 36.1 Å². The van der Waals surface area contributed by atoms with E-state index in [4.69, 9.17) is 0 Å². The van der Waals surface area contributed by atoms with Crippen LogP contribution in [0, 0.1) is 0 Å². The lowest BCUT2D eigenvalue weighted by molar-refractivity contribution is 0.558. The molecule has 0 radical (unpaired) electrons. The maximum atomic E-state index is 3.75. The van der Waals surface area contributed by atoms with E-state index in [0.717, 1.165) is 12.4 Å². The zero-order chi connectivity index (χ0) is 7.98. The molecule has 0 aliphatic heterocycles. The van der Waals surface area contributed by atoms with Gasteiger partial charge < -0.3 is 16.0 Å². The molecule has 0 rings (SSSR count). The molecule has 3 N–H and O–H groups in total. The van der Waals surface area contributed by atoms with Gasteiger partial charge in [0.25, 0.3) is 0 Å². The summed E-state index contributed by atoms with van der Waals surface area (Å²) in [5, 5.41) is 9.15. The molecule has 0 aliphatic rings. The van der Waals surface area contributed by atoms with Crippen LogP contribution in [-0.2, 0) is 0 Å². The van der Waals surface area contributed by atoms with Crippen molar-refractivity contribution in [2.75, 3.05) is 20.6 Å². The van der Waals surface area contributed by atoms with Crippen LogP contribution in [0.15, 0.2) is 12.4 Å². The highest BCUT2D eigenvalue weighted by Crippen LogP contribution is 1.81. The molecule has 0 unspecified atom stereocenters. The van der Waals surface area contributed by atoms with E-state index in [9.17, 15) is 0 Å². The Balaban J connectivity index is 3.37. The Morgan fingerprint density at radius 3 is 2.50 bits per heavy atom. The van der Waals surface area contributed by atoms with Crippen molar-refractivity contribution in [2.24, 2.45) is 0 Å². The summed E-state index contributed by atoms with van der Waals surface area (Å²) in [4.78, 5) is 0. The SMILES string of the molecule is C=C(NC)N[C@@H](C)CNC. The fraction of sp³-hybridized carbons (Fsp3) is 0.714. The van der Waals surface area contributed by atoms with Crippen molar-refractivity contribution in [3.8, 4) is 0 Å². The standard InChI is InChI=1S/C7H17N3/c1-6(5-8-3)10-7(2)9-4/h6,8-10H,2,5H2,1,3-4H3/t6-/m0/s1. The lowest BCUT2D eigenvalue weighted by atomic mass is 10.3. The number of hydrogen-bond acceptors (Lipinski definition) is 3. The normalized spacial score (nSPS) is 12.3. The van der Waals surface area contributed by atoms with Crippen LogP contribution in [0.4, 0.5) is 0 Å². The second-order valence-electron chi connectivity index (χ2n) is 2.33. The molecule has 0 saturated carbocycles. The fourth-order valence-corrected chi connectivity index (χ4v) is 0.727. The zero-order valence-electron chi connectivity index (χ0n) is 6.99. The first-order chi connectivity index (χ1) is 4.70. The Bertz CT molecular complexity index is 101. The predicted molar refractivity (Wildman–Crippen MR) is 44.7 cm³/mol. The fourth-order valence-electron chi connectivity index (χ4n) is 0.727. The van der Waals surface area contributed by atoms with Crippen LogP contribution in [0.5, 0.6) is 0 Å². The molecule has 0 amide bonds. The van der Waals surface area contributed by atoms with Crippen molar-refractivity contribution in [1.82, 2.24) is 16.0 Å². The van der Waals surface area contributed by atoms with E-state index in [2.05, 4.69) is 29.5 Å². The lowest BCUT2D eigenvalue weighted by Crippen LogP contribution is -2.37. The monoisotopic (exact) mass is 143 g/mol. The van der Waals surface area contributed by atoms with E-state index in [1.54, 1.807) is 0 Å². The average molecular weight is 143 g/mol. The first kappa shape index (κ1) is 9.30. The summed E-state index contributed by atoms with van der Waals surface area (Å²) < 4.78 is 0. The number of hydrogen-bond donors (Lipinski definition) is 3. The third kappa shape index (κ3) is 4.21. The van der Waals surface area contributed by atoms with E-state index in [-0.39, 0.29) is 0 Å². The molecule has 0 aliphatic carbocycles. The van der Waals surface area contributed by atoms with Crippen LogP contribution >= 0.6 is 0 Å². The Morgan fingerprint density at radius 2 is 2.10 bits per heavy atom. The van der Waals surface area contributed by atoms with Crippen LogP contribution < -0.4 is 16.0 Å². The number of likely N-dealkylation sites (N-methyl/N-ethyl adjacent to an activating group) is 1. The van der Waals surface area contributed by atoms with Gasteiger partial charge in [0.05, 0.1) is 5.82 Å². The van der Waals surface area contributed by atoms with Gasteiger partial charge in [0.2, 0.25) is 0 Å². The largest absolute Gasteiger partial charge is 0.375 e. The summed E-state index contributed by atoms with van der Waals surface area (Å²) in [6.45, 7) is 6.79. The van der Waals surface area contributed by atoms with E-state index in [1.807, 2.05) is 14.1 Å². The molecule has 0 aromatic rings. The zero-order valence-corrected chi connectivity index (χ0v) is 6.99. The molecule has 0 saturated heterocycles. The van der Waals surface area contributed by atoms with Gasteiger partial charge in [-0.15, -0.1) is 0 Å². The molecule has 1 atom stereocenters. The smallest absolute Gasteiger partial charge is 0.0912 e. The molecule has 3 nitrogen and oxygen atoms in total. The molecule has 3 heteroatoms. The third-order valence-corrected chi connectivity index (χ3v) is 1.23. The first-order valence-corrected chi connectivity index (χ1v) is 3.48. The molecule has 60 valence electrons. The highest BCUT2D eigenvalue weighted by molar-refractivity contribution is 4.88. The van der Waals surface area contributed by atoms with Crippen LogP contribution in [0.3, 0.4) is 0 Å². The minimum atomic E-state index is 0.421. The highest BCUT2D eigenvalue weighted by Gasteiger charge is 1.97. The van der Waals surface area contributed by atoms with E-state index in [1.165, 1.54) is 0 Å². The van der Waals surface area contributed by atoms with Gasteiger partial charge >= 0.3 is 0 Å². The lowest BCUT2D eigenvalue weighted by Gasteiger charge is -2.15. The average Bonchev–Trinajstić information content (AvgIpc) is 1.88. The maximum Gasteiger partial charge on any atom is 0.0912 e. The molecule has 10 heavy (non-hydrogen) atoms. The summed E-state index contributed by atoms with van der Waals surface area (Å²) in [7, 11) is 3.78. The maximum absolute atomic E-state index is 3.75. The van der Waals surface area contributed by atoms with Gasteiger partial charge in [0, 0.05) is 19.6 Å². The Labute approximate surface area is 62.9 Å². The van der Waals surface area contributed by atoms with Crippen molar-refractivity contribution in [3.05, 3.63) is 12.4 Å². The summed E-state index contributed by atoms with van der Waals surface area (Å²) >= 11 is 0. The Morgan fingerprint density at radius 1 is 1.50 bits per heavy atom. The second-order valence-corrected chi connectivity index (χ2v) is 2.33. The van der Waals surface area contributed by atoms with Crippen molar-refractivity contribution in [3.63, 3.8) is 0 Å². The molecular formula is C7H17N3. The van der Waals surface area contributed by atoms with E-state index < -0.39 is 0 Å². The van der Waals surface area contributed by atoms with Gasteiger partial charge in [-0.2, -0.15) is 0 Å². The number of rotatable bonds is 5. The minimum Gasteiger partial charge on any atom is -0.375 e. The summed E-state index contributed by atoms with van der Waals surface area (Å²) in [5.41, 5.74) is 0. The molecule has 0 aromatic carbocycles. The van der Waals surface area contributed by atoms with Gasteiger partial charge in [-0.25, -0.2) is 0 Å². The quantitative estimate of drug-likeness (QED) is 0.502. The van der Waals surface area contributed by atoms with Gasteiger partial charge in [0.1, 0.15) is 0 Å². The van der Waals surface area contributed by atoms with Crippen LogP contribution in [0.2, 0.25) is 0 Å². The minimum absolute atomic E-state index is 0.421. The summed E-state index contributed by atoms with van der Waals surface area (Å²) in [6, 6.07) is 0.421. The van der Waals surface area contributed by atoms with E-state index >= 15 is 0 Å². The van der Waals surface area contributed by atoms with Crippen molar-refractivity contribution >= 4 is 0 Å².